The van der Waals surface area contributed by atoms with Gasteiger partial charge in [0.25, 0.3) is 0 Å². The number of methoxy groups -OCH3 is 1. The van der Waals surface area contributed by atoms with Gasteiger partial charge in [-0.3, -0.25) is 0 Å². The van der Waals surface area contributed by atoms with Crippen molar-refractivity contribution in [1.82, 2.24) is 4.98 Å². The lowest BCUT2D eigenvalue weighted by atomic mass is 10.1. The van der Waals surface area contributed by atoms with Gasteiger partial charge in [-0.05, 0) is 13.3 Å². The molecule has 0 bridgehead atoms. The molecular formula is C11H18N2O2S. The van der Waals surface area contributed by atoms with Gasteiger partial charge in [-0.2, -0.15) is 0 Å². The molecule has 0 aromatic carbocycles. The highest BCUT2D eigenvalue weighted by molar-refractivity contribution is 7.17. The van der Waals surface area contributed by atoms with Gasteiger partial charge >= 0.3 is 5.97 Å². The molecule has 1 unspecified atom stereocenters. The summed E-state index contributed by atoms with van der Waals surface area (Å²) in [6.45, 7) is 4.29. The van der Waals surface area contributed by atoms with Crippen LogP contribution >= 0.6 is 11.3 Å². The van der Waals surface area contributed by atoms with Crippen LogP contribution in [0.2, 0.25) is 0 Å². The number of hydrogen-bond acceptors (Lipinski definition) is 5. The van der Waals surface area contributed by atoms with Crippen LogP contribution in [-0.4, -0.2) is 24.1 Å². The number of esters is 1. The van der Waals surface area contributed by atoms with Crippen molar-refractivity contribution in [3.8, 4) is 0 Å². The molecule has 0 amide bonds. The fourth-order valence-corrected chi connectivity index (χ4v) is 2.17. The number of carbonyl (C=O) groups excluding carboxylic acids is 1. The monoisotopic (exact) mass is 242 g/mol. The van der Waals surface area contributed by atoms with E-state index in [0.717, 1.165) is 11.6 Å². The Labute approximate surface area is 100 Å². The third kappa shape index (κ3) is 3.81. The summed E-state index contributed by atoms with van der Waals surface area (Å²) < 4.78 is 4.62. The lowest BCUT2D eigenvalue weighted by Gasteiger charge is -2.11. The molecule has 0 saturated heterocycles. The summed E-state index contributed by atoms with van der Waals surface area (Å²) in [4.78, 5) is 15.9. The Kier molecular flexibility index (Phi) is 5.25. The molecule has 0 aliphatic carbocycles. The number of hydrogen-bond donors (Lipinski definition) is 1. The number of ether oxygens (including phenoxy) is 1. The molecule has 0 radical (unpaired) electrons. The summed E-state index contributed by atoms with van der Waals surface area (Å²) in [6.07, 6.45) is 5.05. The highest BCUT2D eigenvalue weighted by Crippen LogP contribution is 2.20. The minimum Gasteiger partial charge on any atom is -0.465 e. The quantitative estimate of drug-likeness (QED) is 0.779. The Balaban J connectivity index is 2.48. The van der Waals surface area contributed by atoms with Crippen LogP contribution in [0.15, 0.2) is 6.20 Å². The van der Waals surface area contributed by atoms with Gasteiger partial charge in [0, 0.05) is 6.04 Å². The molecule has 1 atom stereocenters. The maximum absolute atomic E-state index is 11.2. The first kappa shape index (κ1) is 13.0. The number of aromatic nitrogens is 1. The largest absolute Gasteiger partial charge is 0.465 e. The van der Waals surface area contributed by atoms with Gasteiger partial charge in [0.05, 0.1) is 13.3 Å². The van der Waals surface area contributed by atoms with E-state index in [-0.39, 0.29) is 5.97 Å². The molecule has 90 valence electrons. The van der Waals surface area contributed by atoms with E-state index in [1.165, 1.54) is 31.3 Å². The zero-order valence-corrected chi connectivity index (χ0v) is 10.8. The standard InChI is InChI=1S/C11H18N2O2S/c1-4-5-6-8(2)13-11-12-7-9(16-11)10(14)15-3/h7-8H,4-6H2,1-3H3,(H,12,13). The zero-order chi connectivity index (χ0) is 12.0. The van der Waals surface area contributed by atoms with Gasteiger partial charge in [0.2, 0.25) is 0 Å². The first-order chi connectivity index (χ1) is 7.67. The molecule has 1 rings (SSSR count). The number of anilines is 1. The maximum atomic E-state index is 11.2. The van der Waals surface area contributed by atoms with E-state index < -0.39 is 0 Å². The van der Waals surface area contributed by atoms with Gasteiger partial charge in [0.15, 0.2) is 5.13 Å². The van der Waals surface area contributed by atoms with E-state index in [1.807, 2.05) is 0 Å². The van der Waals surface area contributed by atoms with Crippen LogP contribution in [0.3, 0.4) is 0 Å². The molecule has 1 aromatic heterocycles. The van der Waals surface area contributed by atoms with Crippen molar-refractivity contribution in [2.24, 2.45) is 0 Å². The second-order valence-electron chi connectivity index (χ2n) is 3.71. The summed E-state index contributed by atoms with van der Waals surface area (Å²) in [7, 11) is 1.37. The molecule has 0 aliphatic heterocycles. The summed E-state index contributed by atoms with van der Waals surface area (Å²) in [6, 6.07) is 0.386. The summed E-state index contributed by atoms with van der Waals surface area (Å²) in [5.74, 6) is -0.327. The highest BCUT2D eigenvalue weighted by Gasteiger charge is 2.11. The van der Waals surface area contributed by atoms with Crippen molar-refractivity contribution < 1.29 is 9.53 Å². The number of unbranched alkanes of at least 4 members (excludes halogenated alkanes) is 1. The highest BCUT2D eigenvalue weighted by atomic mass is 32.1. The van der Waals surface area contributed by atoms with Crippen molar-refractivity contribution >= 4 is 22.4 Å². The molecule has 0 fully saturated rings. The fraction of sp³-hybridized carbons (Fsp3) is 0.636. The Bertz CT molecular complexity index is 338. The van der Waals surface area contributed by atoms with Crippen molar-refractivity contribution in [2.45, 2.75) is 39.2 Å². The third-order valence-electron chi connectivity index (χ3n) is 2.25. The van der Waals surface area contributed by atoms with Crippen molar-refractivity contribution in [1.29, 1.82) is 0 Å². The molecule has 0 aliphatic rings. The molecule has 1 N–H and O–H groups in total. The van der Waals surface area contributed by atoms with E-state index in [2.05, 4.69) is 28.9 Å². The maximum Gasteiger partial charge on any atom is 0.349 e. The second-order valence-corrected chi connectivity index (χ2v) is 4.74. The van der Waals surface area contributed by atoms with Gasteiger partial charge in [-0.15, -0.1) is 0 Å². The van der Waals surface area contributed by atoms with Gasteiger partial charge in [-0.25, -0.2) is 9.78 Å². The van der Waals surface area contributed by atoms with Crippen LogP contribution < -0.4 is 5.32 Å². The smallest absolute Gasteiger partial charge is 0.349 e. The van der Waals surface area contributed by atoms with Crippen LogP contribution in [0.1, 0.15) is 42.8 Å². The minimum absolute atomic E-state index is 0.327. The first-order valence-electron chi connectivity index (χ1n) is 5.48. The van der Waals surface area contributed by atoms with Gasteiger partial charge in [0.1, 0.15) is 4.88 Å². The molecule has 0 spiro atoms. The molecule has 5 heteroatoms. The normalized spacial score (nSPS) is 12.2. The van der Waals surface area contributed by atoms with Gasteiger partial charge in [-0.1, -0.05) is 31.1 Å². The predicted molar refractivity (Wildman–Crippen MR) is 66.1 cm³/mol. The van der Waals surface area contributed by atoms with Crippen molar-refractivity contribution in [3.63, 3.8) is 0 Å². The third-order valence-corrected chi connectivity index (χ3v) is 3.16. The van der Waals surface area contributed by atoms with Crippen LogP contribution in [0.5, 0.6) is 0 Å². The Hall–Kier alpha value is -1.10. The fourth-order valence-electron chi connectivity index (χ4n) is 1.33. The Morgan fingerprint density at radius 3 is 3.06 bits per heavy atom. The van der Waals surface area contributed by atoms with Crippen LogP contribution in [-0.2, 0) is 4.74 Å². The number of thiazole rings is 1. The summed E-state index contributed by atoms with van der Waals surface area (Å²) in [5, 5.41) is 4.06. The molecular weight excluding hydrogens is 224 g/mol. The van der Waals surface area contributed by atoms with Gasteiger partial charge < -0.3 is 10.1 Å². The minimum atomic E-state index is -0.327. The summed E-state index contributed by atoms with van der Waals surface area (Å²) >= 11 is 1.33. The van der Waals surface area contributed by atoms with E-state index in [4.69, 9.17) is 0 Å². The van der Waals surface area contributed by atoms with Crippen molar-refractivity contribution in [2.75, 3.05) is 12.4 Å². The first-order valence-corrected chi connectivity index (χ1v) is 6.29. The molecule has 4 nitrogen and oxygen atoms in total. The van der Waals surface area contributed by atoms with Crippen molar-refractivity contribution in [3.05, 3.63) is 11.1 Å². The van der Waals surface area contributed by atoms with Crippen LogP contribution in [0.4, 0.5) is 5.13 Å². The molecule has 16 heavy (non-hydrogen) atoms. The van der Waals surface area contributed by atoms with Crippen LogP contribution in [0.25, 0.3) is 0 Å². The zero-order valence-electron chi connectivity index (χ0n) is 9.95. The summed E-state index contributed by atoms with van der Waals surface area (Å²) in [5.41, 5.74) is 0. The molecule has 0 saturated carbocycles. The lowest BCUT2D eigenvalue weighted by molar-refractivity contribution is 0.0606. The molecule has 1 heterocycles. The predicted octanol–water partition coefficient (Wildman–Crippen LogP) is 2.92. The average molecular weight is 242 g/mol. The van der Waals surface area contributed by atoms with E-state index in [9.17, 15) is 4.79 Å². The topological polar surface area (TPSA) is 51.2 Å². The Morgan fingerprint density at radius 2 is 2.44 bits per heavy atom. The number of nitrogens with zero attached hydrogens (tertiary/aromatic N) is 1. The average Bonchev–Trinajstić information content (AvgIpc) is 2.73. The number of carbonyl (C=O) groups is 1. The Morgan fingerprint density at radius 1 is 1.69 bits per heavy atom. The number of rotatable bonds is 6. The lowest BCUT2D eigenvalue weighted by Crippen LogP contribution is -2.14. The van der Waals surface area contributed by atoms with Crippen LogP contribution in [0, 0.1) is 0 Å². The van der Waals surface area contributed by atoms with E-state index in [1.54, 1.807) is 6.20 Å². The number of nitrogens with one attached hydrogen (secondary N) is 1. The van der Waals surface area contributed by atoms with E-state index in [0.29, 0.717) is 10.9 Å². The second kappa shape index (κ2) is 6.48. The molecule has 1 aromatic rings. The van der Waals surface area contributed by atoms with E-state index >= 15 is 0 Å². The SMILES string of the molecule is CCCCC(C)Nc1ncc(C(=O)OC)s1.